The zero-order valence-electron chi connectivity index (χ0n) is 26.4. The molecule has 0 radical (unpaired) electrons. The van der Waals surface area contributed by atoms with Gasteiger partial charge < -0.3 is 13.7 Å². The number of fused-ring (bicyclic) bond motifs is 7. The van der Waals surface area contributed by atoms with Gasteiger partial charge in [0.25, 0.3) is 0 Å². The smallest absolute Gasteiger partial charge is 0.228 e. The minimum atomic E-state index is 0.577. The molecule has 8 aromatic carbocycles. The average molecular weight is 629 g/mol. The lowest BCUT2D eigenvalue weighted by molar-refractivity contribution is 0.620. The summed E-state index contributed by atoms with van der Waals surface area (Å²) in [5.41, 5.74) is 9.48. The van der Waals surface area contributed by atoms with E-state index in [-0.39, 0.29) is 0 Å². The molecule has 4 nitrogen and oxygen atoms in total. The highest BCUT2D eigenvalue weighted by Gasteiger charge is 2.23. The van der Waals surface area contributed by atoms with Crippen LogP contribution in [0.15, 0.2) is 179 Å². The van der Waals surface area contributed by atoms with Crippen LogP contribution in [-0.4, -0.2) is 4.98 Å². The normalized spacial score (nSPS) is 11.7. The fourth-order valence-electron chi connectivity index (χ4n) is 7.26. The lowest BCUT2D eigenvalue weighted by Crippen LogP contribution is -2.10. The van der Waals surface area contributed by atoms with Gasteiger partial charge in [-0.25, -0.2) is 4.98 Å². The van der Waals surface area contributed by atoms with Crippen molar-refractivity contribution in [3.63, 3.8) is 0 Å². The van der Waals surface area contributed by atoms with Gasteiger partial charge in [-0.05, 0) is 75.8 Å². The highest BCUT2D eigenvalue weighted by molar-refractivity contribution is 6.16. The summed E-state index contributed by atoms with van der Waals surface area (Å²) in [6.45, 7) is 0. The molecule has 0 bridgehead atoms. The molecule has 0 aliphatic rings. The fourth-order valence-corrected chi connectivity index (χ4v) is 7.26. The van der Waals surface area contributed by atoms with E-state index in [1.807, 2.05) is 36.4 Å². The van der Waals surface area contributed by atoms with Crippen molar-refractivity contribution < 1.29 is 8.83 Å². The Morgan fingerprint density at radius 3 is 2.02 bits per heavy atom. The van der Waals surface area contributed by atoms with Gasteiger partial charge in [0.05, 0.1) is 5.69 Å². The highest BCUT2D eigenvalue weighted by atomic mass is 16.3. The van der Waals surface area contributed by atoms with Crippen LogP contribution in [0, 0.1) is 0 Å². The number of anilines is 3. The molecule has 4 heteroatoms. The molecule has 10 aromatic rings. The van der Waals surface area contributed by atoms with Crippen molar-refractivity contribution in [3.05, 3.63) is 170 Å². The number of benzene rings is 8. The maximum absolute atomic E-state index is 6.78. The largest absolute Gasteiger partial charge is 0.454 e. The quantitative estimate of drug-likeness (QED) is 0.190. The summed E-state index contributed by atoms with van der Waals surface area (Å²) >= 11 is 0. The third-order valence-electron chi connectivity index (χ3n) is 9.48. The predicted molar refractivity (Wildman–Crippen MR) is 202 cm³/mol. The molecule has 0 saturated heterocycles. The molecule has 0 aliphatic heterocycles. The van der Waals surface area contributed by atoms with Crippen molar-refractivity contribution in [2.24, 2.45) is 0 Å². The number of aromatic nitrogens is 1. The van der Waals surface area contributed by atoms with Crippen molar-refractivity contribution in [2.45, 2.75) is 0 Å². The molecule has 0 N–H and O–H groups in total. The molecule has 49 heavy (non-hydrogen) atoms. The van der Waals surface area contributed by atoms with Crippen molar-refractivity contribution in [3.8, 4) is 22.6 Å². The van der Waals surface area contributed by atoms with Crippen LogP contribution in [0.5, 0.6) is 0 Å². The summed E-state index contributed by atoms with van der Waals surface area (Å²) in [5.74, 6) is 0.577. The Balaban J connectivity index is 1.18. The molecule has 0 unspecified atom stereocenters. The molecular formula is C45H28N2O2. The van der Waals surface area contributed by atoms with Crippen LogP contribution in [0.4, 0.5) is 17.1 Å². The van der Waals surface area contributed by atoms with Crippen molar-refractivity contribution in [1.82, 2.24) is 4.98 Å². The van der Waals surface area contributed by atoms with E-state index in [1.165, 1.54) is 16.3 Å². The van der Waals surface area contributed by atoms with Gasteiger partial charge in [0, 0.05) is 33.1 Å². The van der Waals surface area contributed by atoms with Crippen LogP contribution in [0.1, 0.15) is 0 Å². The summed E-state index contributed by atoms with van der Waals surface area (Å²) in [6, 6.07) is 59.1. The first-order chi connectivity index (χ1) is 24.3. The van der Waals surface area contributed by atoms with Crippen LogP contribution in [0.2, 0.25) is 0 Å². The zero-order valence-corrected chi connectivity index (χ0v) is 26.4. The third-order valence-corrected chi connectivity index (χ3v) is 9.48. The molecule has 0 atom stereocenters. The summed E-state index contributed by atoms with van der Waals surface area (Å²) < 4.78 is 13.2. The van der Waals surface area contributed by atoms with Crippen LogP contribution in [-0.2, 0) is 0 Å². The lowest BCUT2D eigenvalue weighted by atomic mass is 9.97. The van der Waals surface area contributed by atoms with E-state index >= 15 is 0 Å². The number of para-hydroxylation sites is 2. The maximum Gasteiger partial charge on any atom is 0.228 e. The van der Waals surface area contributed by atoms with E-state index < -0.39 is 0 Å². The van der Waals surface area contributed by atoms with E-state index in [1.54, 1.807) is 0 Å². The van der Waals surface area contributed by atoms with E-state index in [9.17, 15) is 0 Å². The Morgan fingerprint density at radius 1 is 0.449 bits per heavy atom. The molecule has 2 aromatic heterocycles. The second-order valence-corrected chi connectivity index (χ2v) is 12.3. The number of rotatable bonds is 5. The van der Waals surface area contributed by atoms with Crippen molar-refractivity contribution >= 4 is 71.6 Å². The summed E-state index contributed by atoms with van der Waals surface area (Å²) in [5, 5.41) is 6.64. The molecule has 0 aliphatic carbocycles. The number of hydrogen-bond acceptors (Lipinski definition) is 4. The topological polar surface area (TPSA) is 42.4 Å². The Morgan fingerprint density at radius 2 is 1.12 bits per heavy atom. The van der Waals surface area contributed by atoms with Crippen LogP contribution >= 0.6 is 0 Å². The Bertz CT molecular complexity index is 2840. The van der Waals surface area contributed by atoms with Gasteiger partial charge in [0.2, 0.25) is 5.89 Å². The molecule has 0 amide bonds. The first-order valence-corrected chi connectivity index (χ1v) is 16.5. The Kier molecular flexibility index (Phi) is 6.15. The van der Waals surface area contributed by atoms with Crippen molar-refractivity contribution in [1.29, 1.82) is 0 Å². The van der Waals surface area contributed by atoms with Gasteiger partial charge in [-0.3, -0.25) is 0 Å². The average Bonchev–Trinajstić information content (AvgIpc) is 3.78. The molecule has 0 saturated carbocycles. The van der Waals surface area contributed by atoms with Gasteiger partial charge in [-0.15, -0.1) is 0 Å². The minimum absolute atomic E-state index is 0.577. The summed E-state index contributed by atoms with van der Waals surface area (Å²) in [6.07, 6.45) is 0. The van der Waals surface area contributed by atoms with Crippen molar-refractivity contribution in [2.75, 3.05) is 4.90 Å². The van der Waals surface area contributed by atoms with Gasteiger partial charge in [0.15, 0.2) is 11.2 Å². The Hall–Kier alpha value is -6.65. The molecule has 10 rings (SSSR count). The van der Waals surface area contributed by atoms with Gasteiger partial charge in [-0.2, -0.15) is 0 Å². The molecule has 230 valence electrons. The third kappa shape index (κ3) is 4.42. The fraction of sp³-hybridized carbons (Fsp3) is 0. The molecule has 0 fully saturated rings. The van der Waals surface area contributed by atoms with Gasteiger partial charge >= 0.3 is 0 Å². The lowest BCUT2D eigenvalue weighted by Gasteiger charge is -2.26. The number of nitrogens with zero attached hydrogens (tertiary/aromatic N) is 2. The zero-order chi connectivity index (χ0) is 32.3. The second-order valence-electron chi connectivity index (χ2n) is 12.3. The Labute approximate surface area is 282 Å². The summed E-state index contributed by atoms with van der Waals surface area (Å²) in [7, 11) is 0. The standard InChI is InChI=1S/C45H28N2O2/c1-2-16-32(17-3-1)47(33-18-8-15-31(28-33)35-21-9-14-29-12-4-6-19-34(29)35)39-24-10-22-37-42-38(23-11-25-40(42)48-44(37)39)45-46-43-36-20-7-5-13-30(36)26-27-41(43)49-45/h1-28H. The monoisotopic (exact) mass is 628 g/mol. The van der Waals surface area contributed by atoms with E-state index in [0.717, 1.165) is 72.0 Å². The van der Waals surface area contributed by atoms with Crippen LogP contribution in [0.25, 0.3) is 77.2 Å². The predicted octanol–water partition coefficient (Wildman–Crippen LogP) is 12.8. The molecule has 2 heterocycles. The summed E-state index contributed by atoms with van der Waals surface area (Å²) in [4.78, 5) is 7.32. The van der Waals surface area contributed by atoms with Gasteiger partial charge in [-0.1, -0.05) is 121 Å². The van der Waals surface area contributed by atoms with Crippen LogP contribution < -0.4 is 4.90 Å². The SMILES string of the molecule is c1ccc(N(c2cccc(-c3cccc4ccccc34)c2)c2cccc3c2oc2cccc(-c4nc5c(ccc6ccccc65)o4)c23)cc1. The van der Waals surface area contributed by atoms with E-state index in [0.29, 0.717) is 5.89 Å². The first-order valence-electron chi connectivity index (χ1n) is 16.5. The number of furan rings is 1. The minimum Gasteiger partial charge on any atom is -0.454 e. The number of oxazole rings is 1. The first kappa shape index (κ1) is 27.5. The highest BCUT2D eigenvalue weighted by Crippen LogP contribution is 2.45. The molecular weight excluding hydrogens is 601 g/mol. The molecule has 0 spiro atoms. The van der Waals surface area contributed by atoms with Crippen LogP contribution in [0.3, 0.4) is 0 Å². The second kappa shape index (κ2) is 11.0. The number of hydrogen-bond donors (Lipinski definition) is 0. The van der Waals surface area contributed by atoms with Gasteiger partial charge in [0.1, 0.15) is 11.1 Å². The maximum atomic E-state index is 6.78. The van der Waals surface area contributed by atoms with E-state index in [2.05, 4.69) is 138 Å². The van der Waals surface area contributed by atoms with E-state index in [4.69, 9.17) is 13.8 Å².